The Morgan fingerprint density at radius 1 is 1.23 bits per heavy atom. The molecule has 0 aromatic carbocycles. The molecule has 1 aliphatic carbocycles. The van der Waals surface area contributed by atoms with E-state index in [0.717, 1.165) is 37.5 Å². The molecule has 1 amide bonds. The molecule has 0 spiro atoms. The van der Waals surface area contributed by atoms with Crippen LogP contribution in [0, 0.1) is 5.92 Å². The number of carboxylic acid groups (broad SMARTS) is 1. The molecule has 2 N–H and O–H groups in total. The van der Waals surface area contributed by atoms with E-state index in [9.17, 15) is 18.0 Å². The number of pyridine rings is 1. The zero-order valence-corrected chi connectivity index (χ0v) is 16.7. The van der Waals surface area contributed by atoms with E-state index in [-0.39, 0.29) is 18.1 Å². The lowest BCUT2D eigenvalue weighted by atomic mass is 10.0. The first-order valence-electron chi connectivity index (χ1n) is 10.0. The van der Waals surface area contributed by atoms with E-state index in [1.165, 1.54) is 12.8 Å². The minimum atomic E-state index is -5.08. The number of halogens is 3. The summed E-state index contributed by atoms with van der Waals surface area (Å²) in [4.78, 5) is 30.9. The van der Waals surface area contributed by atoms with Gasteiger partial charge >= 0.3 is 12.1 Å². The van der Waals surface area contributed by atoms with Gasteiger partial charge in [-0.15, -0.1) is 0 Å². The van der Waals surface area contributed by atoms with Gasteiger partial charge in [-0.3, -0.25) is 9.78 Å². The lowest BCUT2D eigenvalue weighted by Crippen LogP contribution is -2.42. The van der Waals surface area contributed by atoms with E-state index in [2.05, 4.69) is 16.0 Å². The molecule has 2 fully saturated rings. The van der Waals surface area contributed by atoms with Crippen LogP contribution in [0.1, 0.15) is 35.3 Å². The molecule has 2 atom stereocenters. The number of likely N-dealkylation sites (tertiary alicyclic amines) is 1. The Bertz CT molecular complexity index is 855. The summed E-state index contributed by atoms with van der Waals surface area (Å²) in [6.07, 6.45) is 4.75. The third kappa shape index (κ3) is 6.55. The first kappa shape index (κ1) is 22.8. The predicted molar refractivity (Wildman–Crippen MR) is 104 cm³/mol. The smallest absolute Gasteiger partial charge is 0.475 e. The van der Waals surface area contributed by atoms with Crippen molar-refractivity contribution in [2.75, 3.05) is 13.2 Å². The van der Waals surface area contributed by atoms with Crippen molar-refractivity contribution in [3.8, 4) is 0 Å². The lowest BCUT2D eigenvalue weighted by Gasteiger charge is -2.28. The Labute approximate surface area is 177 Å². The van der Waals surface area contributed by atoms with Crippen LogP contribution >= 0.6 is 0 Å². The first-order valence-corrected chi connectivity index (χ1v) is 10.0. The fourth-order valence-electron chi connectivity index (χ4n) is 3.44. The highest BCUT2D eigenvalue weighted by atomic mass is 19.4. The van der Waals surface area contributed by atoms with Gasteiger partial charge in [-0.1, -0.05) is 6.07 Å². The Hall–Kier alpha value is -2.88. The largest absolute Gasteiger partial charge is 0.490 e. The summed E-state index contributed by atoms with van der Waals surface area (Å²) in [6.45, 7) is 1.58. The summed E-state index contributed by atoms with van der Waals surface area (Å²) in [5.41, 5.74) is 1.79. The number of aromatic amines is 1. The van der Waals surface area contributed by atoms with Gasteiger partial charge in [0.1, 0.15) is 5.69 Å². The molecule has 1 saturated carbocycles. The fourth-order valence-corrected chi connectivity index (χ4v) is 3.44. The van der Waals surface area contributed by atoms with Gasteiger partial charge in [0.05, 0.1) is 12.1 Å². The van der Waals surface area contributed by atoms with Crippen LogP contribution in [-0.2, 0) is 16.0 Å². The van der Waals surface area contributed by atoms with E-state index in [0.29, 0.717) is 5.69 Å². The van der Waals surface area contributed by atoms with Crippen LogP contribution in [0.15, 0.2) is 42.9 Å². The SMILES string of the molecule is O=C(O)C(F)(F)F.O=C(c1ccc[nH]1)N1CC[C@H](OCC2CC2)[C@@H]1Cc1cccnc1. The molecule has 2 aromatic rings. The number of amides is 1. The molecule has 0 radical (unpaired) electrons. The van der Waals surface area contributed by atoms with Crippen molar-refractivity contribution in [2.45, 2.75) is 44.0 Å². The zero-order chi connectivity index (χ0) is 22.4. The van der Waals surface area contributed by atoms with Gasteiger partial charge in [-0.2, -0.15) is 13.2 Å². The summed E-state index contributed by atoms with van der Waals surface area (Å²) in [7, 11) is 0. The number of hydrogen-bond acceptors (Lipinski definition) is 4. The van der Waals surface area contributed by atoms with Crippen molar-refractivity contribution < 1.29 is 32.6 Å². The average Bonchev–Trinajstić information content (AvgIpc) is 3.23. The number of ether oxygens (including phenoxy) is 1. The third-order valence-corrected chi connectivity index (χ3v) is 5.23. The molecule has 0 bridgehead atoms. The average molecular weight is 439 g/mol. The monoisotopic (exact) mass is 439 g/mol. The van der Waals surface area contributed by atoms with E-state index >= 15 is 0 Å². The van der Waals surface area contributed by atoms with Crippen LogP contribution < -0.4 is 0 Å². The molecule has 10 heteroatoms. The number of aromatic nitrogens is 2. The van der Waals surface area contributed by atoms with Gasteiger partial charge in [0.25, 0.3) is 5.91 Å². The highest BCUT2D eigenvalue weighted by Crippen LogP contribution is 2.32. The molecule has 31 heavy (non-hydrogen) atoms. The highest BCUT2D eigenvalue weighted by Gasteiger charge is 2.39. The number of rotatable bonds is 6. The van der Waals surface area contributed by atoms with Crippen LogP contribution in [0.4, 0.5) is 13.2 Å². The second-order valence-corrected chi connectivity index (χ2v) is 7.62. The number of H-pyrrole nitrogens is 1. The molecule has 4 rings (SSSR count). The lowest BCUT2D eigenvalue weighted by molar-refractivity contribution is -0.192. The maximum atomic E-state index is 12.8. The van der Waals surface area contributed by atoms with Crippen molar-refractivity contribution >= 4 is 11.9 Å². The highest BCUT2D eigenvalue weighted by molar-refractivity contribution is 5.92. The van der Waals surface area contributed by atoms with Crippen molar-refractivity contribution in [3.63, 3.8) is 0 Å². The quantitative estimate of drug-likeness (QED) is 0.720. The maximum Gasteiger partial charge on any atom is 0.490 e. The minimum Gasteiger partial charge on any atom is -0.475 e. The summed E-state index contributed by atoms with van der Waals surface area (Å²) in [6, 6.07) is 7.79. The van der Waals surface area contributed by atoms with Crippen molar-refractivity contribution in [2.24, 2.45) is 5.92 Å². The van der Waals surface area contributed by atoms with E-state index in [4.69, 9.17) is 14.6 Å². The molecule has 2 aromatic heterocycles. The van der Waals surface area contributed by atoms with Crippen LogP contribution in [0.3, 0.4) is 0 Å². The Kier molecular flexibility index (Phi) is 7.32. The number of carbonyl (C=O) groups excluding carboxylic acids is 1. The van der Waals surface area contributed by atoms with Crippen LogP contribution in [0.25, 0.3) is 0 Å². The Balaban J connectivity index is 0.000000339. The fraction of sp³-hybridized carbons (Fsp3) is 0.476. The van der Waals surface area contributed by atoms with Gasteiger partial charge in [0.2, 0.25) is 0 Å². The van der Waals surface area contributed by atoms with Crippen LogP contribution in [0.5, 0.6) is 0 Å². The topological polar surface area (TPSA) is 95.5 Å². The van der Waals surface area contributed by atoms with E-state index < -0.39 is 12.1 Å². The Morgan fingerprint density at radius 2 is 1.97 bits per heavy atom. The summed E-state index contributed by atoms with van der Waals surface area (Å²) in [5, 5.41) is 7.12. The van der Waals surface area contributed by atoms with Crippen LogP contribution in [0.2, 0.25) is 0 Å². The standard InChI is InChI=1S/C19H23N3O2.C2HF3O2/c23-19(16-4-2-9-21-16)22-10-7-18(24-13-14-5-6-14)17(22)11-15-3-1-8-20-12-15;3-2(4,5)1(6)7/h1-4,8-9,12,14,17-18,21H,5-7,10-11,13H2;(H,6,7)/t17-,18-;/m0./s1. The molecule has 7 nitrogen and oxygen atoms in total. The molecule has 168 valence electrons. The van der Waals surface area contributed by atoms with Gasteiger partial charge in [0, 0.05) is 31.7 Å². The van der Waals surface area contributed by atoms with Gasteiger partial charge < -0.3 is 19.7 Å². The molecular weight excluding hydrogens is 415 g/mol. The predicted octanol–water partition coefficient (Wildman–Crippen LogP) is 3.30. The summed E-state index contributed by atoms with van der Waals surface area (Å²) < 4.78 is 37.9. The number of nitrogens with zero attached hydrogens (tertiary/aromatic N) is 2. The second-order valence-electron chi connectivity index (χ2n) is 7.62. The molecule has 1 aliphatic heterocycles. The first-order chi connectivity index (χ1) is 14.8. The zero-order valence-electron chi connectivity index (χ0n) is 16.7. The molecule has 3 heterocycles. The minimum absolute atomic E-state index is 0.0615. The van der Waals surface area contributed by atoms with E-state index in [1.807, 2.05) is 29.3 Å². The third-order valence-electron chi connectivity index (χ3n) is 5.23. The van der Waals surface area contributed by atoms with Crippen molar-refractivity contribution in [1.29, 1.82) is 0 Å². The molecule has 0 unspecified atom stereocenters. The second kappa shape index (κ2) is 9.95. The van der Waals surface area contributed by atoms with Crippen molar-refractivity contribution in [3.05, 3.63) is 54.1 Å². The van der Waals surface area contributed by atoms with Crippen LogP contribution in [-0.4, -0.2) is 63.3 Å². The number of hydrogen-bond donors (Lipinski definition) is 2. The van der Waals surface area contributed by atoms with Gasteiger partial charge in [-0.25, -0.2) is 4.79 Å². The molecule has 2 aliphatic rings. The Morgan fingerprint density at radius 3 is 2.52 bits per heavy atom. The summed E-state index contributed by atoms with van der Waals surface area (Å²) in [5.74, 6) is -1.96. The number of nitrogens with one attached hydrogen (secondary N) is 1. The number of alkyl halides is 3. The maximum absolute atomic E-state index is 12.8. The molecule has 1 saturated heterocycles. The van der Waals surface area contributed by atoms with Gasteiger partial charge in [0.15, 0.2) is 0 Å². The van der Waals surface area contributed by atoms with Gasteiger partial charge in [-0.05, 0) is 55.4 Å². The number of aliphatic carboxylic acids is 1. The normalized spacial score (nSPS) is 20.8. The van der Waals surface area contributed by atoms with Crippen molar-refractivity contribution in [1.82, 2.24) is 14.9 Å². The number of carbonyl (C=O) groups is 2. The molecular formula is C21H24F3N3O4. The number of carboxylic acids is 1. The van der Waals surface area contributed by atoms with E-state index in [1.54, 1.807) is 12.4 Å². The summed E-state index contributed by atoms with van der Waals surface area (Å²) >= 11 is 0.